The van der Waals surface area contributed by atoms with Gasteiger partial charge in [0.25, 0.3) is 0 Å². The fourth-order valence-electron chi connectivity index (χ4n) is 2.65. The monoisotopic (exact) mass is 437 g/mol. The highest BCUT2D eigenvalue weighted by atomic mass is 127. The Bertz CT molecular complexity index is 463. The Morgan fingerprint density at radius 3 is 2.95 bits per heavy atom. The van der Waals surface area contributed by atoms with E-state index in [0.29, 0.717) is 5.92 Å². The highest BCUT2D eigenvalue weighted by Gasteiger charge is 2.17. The summed E-state index contributed by atoms with van der Waals surface area (Å²) in [5.41, 5.74) is 0. The quantitative estimate of drug-likeness (QED) is 0.422. The SMILES string of the molecule is CCc1cnc(CNC(=NC)NCC2CCCN(C)C2)s1.I. The van der Waals surface area contributed by atoms with Crippen molar-refractivity contribution < 1.29 is 0 Å². The number of nitrogens with zero attached hydrogens (tertiary/aromatic N) is 3. The van der Waals surface area contributed by atoms with Crippen LogP contribution < -0.4 is 10.6 Å². The van der Waals surface area contributed by atoms with E-state index in [-0.39, 0.29) is 24.0 Å². The number of piperidine rings is 1. The third-order valence-corrected chi connectivity index (χ3v) is 5.00. The van der Waals surface area contributed by atoms with Gasteiger partial charge in [0.05, 0.1) is 6.54 Å². The van der Waals surface area contributed by atoms with E-state index in [4.69, 9.17) is 0 Å². The zero-order valence-corrected chi connectivity index (χ0v) is 16.9. The van der Waals surface area contributed by atoms with Crippen molar-refractivity contribution in [2.45, 2.75) is 32.7 Å². The Morgan fingerprint density at radius 2 is 2.32 bits per heavy atom. The van der Waals surface area contributed by atoms with E-state index in [2.05, 4.69) is 39.5 Å². The zero-order valence-electron chi connectivity index (χ0n) is 13.8. The molecular weight excluding hydrogens is 409 g/mol. The maximum absolute atomic E-state index is 4.42. The van der Waals surface area contributed by atoms with Gasteiger partial charge in [-0.05, 0) is 38.8 Å². The van der Waals surface area contributed by atoms with Crippen molar-refractivity contribution in [1.29, 1.82) is 0 Å². The Balaban J connectivity index is 0.00000242. The van der Waals surface area contributed by atoms with Gasteiger partial charge in [0, 0.05) is 31.2 Å². The number of aliphatic imine (C=N–C) groups is 1. The maximum atomic E-state index is 4.42. The van der Waals surface area contributed by atoms with Crippen molar-refractivity contribution >= 4 is 41.3 Å². The van der Waals surface area contributed by atoms with Gasteiger partial charge < -0.3 is 15.5 Å². The van der Waals surface area contributed by atoms with Crippen molar-refractivity contribution in [1.82, 2.24) is 20.5 Å². The van der Waals surface area contributed by atoms with Crippen LogP contribution in [0.4, 0.5) is 0 Å². The first kappa shape index (κ1) is 19.6. The number of aryl methyl sites for hydroxylation is 1. The predicted octanol–water partition coefficient (Wildman–Crippen LogP) is 2.33. The number of nitrogens with one attached hydrogen (secondary N) is 2. The van der Waals surface area contributed by atoms with Crippen molar-refractivity contribution in [2.24, 2.45) is 10.9 Å². The zero-order chi connectivity index (χ0) is 15.1. The first-order valence-electron chi connectivity index (χ1n) is 7.78. The van der Waals surface area contributed by atoms with Crippen LogP contribution in [0.1, 0.15) is 29.7 Å². The minimum atomic E-state index is 0. The summed E-state index contributed by atoms with van der Waals surface area (Å²) < 4.78 is 0. The minimum Gasteiger partial charge on any atom is -0.356 e. The molecule has 2 heterocycles. The Hall–Kier alpha value is -0.410. The van der Waals surface area contributed by atoms with Crippen molar-refractivity contribution in [3.8, 4) is 0 Å². The molecule has 2 N–H and O–H groups in total. The Labute approximate surface area is 155 Å². The highest BCUT2D eigenvalue weighted by molar-refractivity contribution is 14.0. The number of aromatic nitrogens is 1. The lowest BCUT2D eigenvalue weighted by Gasteiger charge is -2.30. The molecule has 126 valence electrons. The average molecular weight is 437 g/mol. The number of rotatable bonds is 5. The van der Waals surface area contributed by atoms with Gasteiger partial charge in [0.15, 0.2) is 5.96 Å². The van der Waals surface area contributed by atoms with Crippen LogP contribution in [0.2, 0.25) is 0 Å². The van der Waals surface area contributed by atoms with Crippen molar-refractivity contribution in [3.05, 3.63) is 16.1 Å². The number of hydrogen-bond donors (Lipinski definition) is 2. The molecule has 5 nitrogen and oxygen atoms in total. The molecule has 1 aromatic rings. The average Bonchev–Trinajstić information content (AvgIpc) is 2.95. The molecule has 0 saturated carbocycles. The minimum absolute atomic E-state index is 0. The lowest BCUT2D eigenvalue weighted by Crippen LogP contribution is -2.43. The summed E-state index contributed by atoms with van der Waals surface area (Å²) in [5.74, 6) is 1.59. The molecular formula is C15H28IN5S. The summed E-state index contributed by atoms with van der Waals surface area (Å²) >= 11 is 1.77. The van der Waals surface area contributed by atoms with Crippen LogP contribution in [0.25, 0.3) is 0 Å². The number of likely N-dealkylation sites (tertiary alicyclic amines) is 1. The molecule has 2 rings (SSSR count). The van der Waals surface area contributed by atoms with E-state index < -0.39 is 0 Å². The molecule has 1 atom stereocenters. The van der Waals surface area contributed by atoms with Crippen LogP contribution in [0.3, 0.4) is 0 Å². The third-order valence-electron chi connectivity index (χ3n) is 3.86. The van der Waals surface area contributed by atoms with Crippen LogP contribution in [0, 0.1) is 5.92 Å². The Morgan fingerprint density at radius 1 is 1.50 bits per heavy atom. The van der Waals surface area contributed by atoms with E-state index >= 15 is 0 Å². The van der Waals surface area contributed by atoms with Crippen molar-refractivity contribution in [2.75, 3.05) is 33.7 Å². The van der Waals surface area contributed by atoms with E-state index in [9.17, 15) is 0 Å². The molecule has 0 aliphatic carbocycles. The molecule has 1 aromatic heterocycles. The fraction of sp³-hybridized carbons (Fsp3) is 0.733. The molecule has 22 heavy (non-hydrogen) atoms. The van der Waals surface area contributed by atoms with Gasteiger partial charge >= 0.3 is 0 Å². The molecule has 0 spiro atoms. The largest absolute Gasteiger partial charge is 0.356 e. The van der Waals surface area contributed by atoms with Crippen LogP contribution in [-0.2, 0) is 13.0 Å². The summed E-state index contributed by atoms with van der Waals surface area (Å²) in [4.78, 5) is 12.5. The second-order valence-electron chi connectivity index (χ2n) is 5.65. The van der Waals surface area contributed by atoms with Gasteiger partial charge in [0.1, 0.15) is 5.01 Å². The van der Waals surface area contributed by atoms with Gasteiger partial charge in [-0.2, -0.15) is 0 Å². The van der Waals surface area contributed by atoms with Crippen molar-refractivity contribution in [3.63, 3.8) is 0 Å². The number of guanidine groups is 1. The second-order valence-corrected chi connectivity index (χ2v) is 6.85. The molecule has 1 fully saturated rings. The number of hydrogen-bond acceptors (Lipinski definition) is 4. The first-order chi connectivity index (χ1) is 10.2. The molecule has 0 radical (unpaired) electrons. The van der Waals surface area contributed by atoms with E-state index in [1.54, 1.807) is 11.3 Å². The predicted molar refractivity (Wildman–Crippen MR) is 105 cm³/mol. The van der Waals surface area contributed by atoms with Crippen LogP contribution in [0.5, 0.6) is 0 Å². The standard InChI is InChI=1S/C15H27N5S.HI/c1-4-13-9-17-14(21-13)10-19-15(16-2)18-8-12-6-5-7-20(3)11-12;/h9,12H,4-8,10-11H2,1-3H3,(H2,16,18,19);1H. The van der Waals surface area contributed by atoms with E-state index in [0.717, 1.165) is 30.5 Å². The van der Waals surface area contributed by atoms with E-state index in [1.807, 2.05) is 13.2 Å². The molecule has 1 aliphatic heterocycles. The molecule has 7 heteroatoms. The maximum Gasteiger partial charge on any atom is 0.191 e. The second kappa shape index (κ2) is 10.4. The normalized spacial score (nSPS) is 19.6. The van der Waals surface area contributed by atoms with Gasteiger partial charge in [-0.25, -0.2) is 4.98 Å². The highest BCUT2D eigenvalue weighted by Crippen LogP contribution is 2.14. The summed E-state index contributed by atoms with van der Waals surface area (Å²) in [6.45, 7) is 6.30. The molecule has 0 bridgehead atoms. The van der Waals surface area contributed by atoms with E-state index in [1.165, 1.54) is 30.8 Å². The smallest absolute Gasteiger partial charge is 0.191 e. The topological polar surface area (TPSA) is 52.6 Å². The fourth-order valence-corrected chi connectivity index (χ4v) is 3.46. The summed E-state index contributed by atoms with van der Waals surface area (Å²) in [7, 11) is 4.02. The van der Waals surface area contributed by atoms with Crippen LogP contribution >= 0.6 is 35.3 Å². The number of thiazole rings is 1. The van der Waals surface area contributed by atoms with Gasteiger partial charge in [-0.15, -0.1) is 35.3 Å². The van der Waals surface area contributed by atoms with Crippen LogP contribution in [-0.4, -0.2) is 49.6 Å². The Kier molecular flexibility index (Phi) is 9.27. The summed E-state index contributed by atoms with van der Waals surface area (Å²) in [6.07, 6.45) is 5.63. The molecule has 1 saturated heterocycles. The van der Waals surface area contributed by atoms with Crippen LogP contribution in [0.15, 0.2) is 11.2 Å². The van der Waals surface area contributed by atoms with Gasteiger partial charge in [-0.1, -0.05) is 6.92 Å². The summed E-state index contributed by atoms with van der Waals surface area (Å²) in [6, 6.07) is 0. The number of halogens is 1. The molecule has 0 aromatic carbocycles. The van der Waals surface area contributed by atoms with Gasteiger partial charge in [0.2, 0.25) is 0 Å². The molecule has 1 aliphatic rings. The van der Waals surface area contributed by atoms with Gasteiger partial charge in [-0.3, -0.25) is 4.99 Å². The lowest BCUT2D eigenvalue weighted by molar-refractivity contribution is 0.210. The first-order valence-corrected chi connectivity index (χ1v) is 8.59. The molecule has 0 amide bonds. The lowest BCUT2D eigenvalue weighted by atomic mass is 9.99. The third kappa shape index (κ3) is 6.37. The molecule has 1 unspecified atom stereocenters. The summed E-state index contributed by atoms with van der Waals surface area (Å²) in [5, 5.41) is 7.90.